The number of carbonyl (C=O) groups is 1. The highest BCUT2D eigenvalue weighted by atomic mass is 32.2. The number of thioether (sulfide) groups is 2. The average Bonchev–Trinajstić information content (AvgIpc) is 3.12. The molecule has 2 aromatic carbocycles. The predicted octanol–water partition coefficient (Wildman–Crippen LogP) is 4.34. The Morgan fingerprint density at radius 2 is 1.88 bits per heavy atom. The number of fused-ring (bicyclic) bond motifs is 1. The molecule has 4 nitrogen and oxygen atoms in total. The monoisotopic (exact) mass is 383 g/mol. The topological polar surface area (TPSA) is 46.9 Å². The highest BCUT2D eigenvalue weighted by Crippen LogP contribution is 2.43. The molecule has 1 aliphatic rings. The summed E-state index contributed by atoms with van der Waals surface area (Å²) in [7, 11) is 0. The maximum absolute atomic E-state index is 12.4. The van der Waals surface area contributed by atoms with E-state index in [4.69, 9.17) is 0 Å². The Labute approximate surface area is 161 Å². The number of hydrogen-bond donors (Lipinski definition) is 1. The zero-order valence-electron chi connectivity index (χ0n) is 14.4. The smallest absolute Gasteiger partial charge is 0.251 e. The van der Waals surface area contributed by atoms with Gasteiger partial charge in [0.2, 0.25) is 0 Å². The Morgan fingerprint density at radius 1 is 1.12 bits per heavy atom. The third kappa shape index (κ3) is 3.91. The Bertz CT molecular complexity index is 885. The molecule has 3 aromatic rings. The molecule has 26 heavy (non-hydrogen) atoms. The van der Waals surface area contributed by atoms with E-state index in [1.165, 1.54) is 23.5 Å². The zero-order valence-corrected chi connectivity index (χ0v) is 16.1. The summed E-state index contributed by atoms with van der Waals surface area (Å²) in [4.78, 5) is 16.8. The molecule has 0 aliphatic carbocycles. The maximum Gasteiger partial charge on any atom is 0.251 e. The molecule has 1 N–H and O–H groups in total. The summed E-state index contributed by atoms with van der Waals surface area (Å²) >= 11 is 4.00. The van der Waals surface area contributed by atoms with Crippen molar-refractivity contribution in [1.82, 2.24) is 14.9 Å². The number of rotatable bonds is 5. The minimum atomic E-state index is -0.0232. The largest absolute Gasteiger partial charge is 0.350 e. The van der Waals surface area contributed by atoms with Crippen LogP contribution in [0, 0.1) is 0 Å². The molecule has 134 valence electrons. The first-order valence-corrected chi connectivity index (χ1v) is 10.9. The van der Waals surface area contributed by atoms with Gasteiger partial charge in [0.15, 0.2) is 0 Å². The van der Waals surface area contributed by atoms with Crippen LogP contribution in [0.5, 0.6) is 0 Å². The highest BCUT2D eigenvalue weighted by molar-refractivity contribution is 8.16. The van der Waals surface area contributed by atoms with Crippen molar-refractivity contribution < 1.29 is 4.79 Å². The number of nitrogens with one attached hydrogen (secondary N) is 1. The lowest BCUT2D eigenvalue weighted by atomic mass is 10.1. The lowest BCUT2D eigenvalue weighted by molar-refractivity contribution is 0.0952. The van der Waals surface area contributed by atoms with Crippen LogP contribution in [0.2, 0.25) is 0 Å². The summed E-state index contributed by atoms with van der Waals surface area (Å²) < 4.78 is 2.58. The van der Waals surface area contributed by atoms with Crippen molar-refractivity contribution in [2.24, 2.45) is 0 Å². The minimum Gasteiger partial charge on any atom is -0.350 e. The maximum atomic E-state index is 12.4. The molecule has 0 bridgehead atoms. The van der Waals surface area contributed by atoms with E-state index in [0.717, 1.165) is 16.6 Å². The second-order valence-corrected chi connectivity index (χ2v) is 8.96. The van der Waals surface area contributed by atoms with Crippen LogP contribution < -0.4 is 5.32 Å². The SMILES string of the molecule is O=C(NCCn1cnc2ccccc21)c1ccc(C2SCCCS2)cc1. The molecule has 1 amide bonds. The molecular weight excluding hydrogens is 362 g/mol. The molecule has 2 heterocycles. The number of nitrogens with zero attached hydrogens (tertiary/aromatic N) is 2. The molecule has 4 rings (SSSR count). The van der Waals surface area contributed by atoms with E-state index in [1.807, 2.05) is 66.2 Å². The van der Waals surface area contributed by atoms with E-state index in [0.29, 0.717) is 17.7 Å². The average molecular weight is 384 g/mol. The Morgan fingerprint density at radius 3 is 2.69 bits per heavy atom. The molecule has 1 aliphatic heterocycles. The minimum absolute atomic E-state index is 0.0232. The number of benzene rings is 2. The fourth-order valence-electron chi connectivity index (χ4n) is 3.05. The standard InChI is InChI=1S/C20H21N3OS2/c24-19(15-6-8-16(9-7-15)20-25-12-3-13-26-20)21-10-11-23-14-22-17-4-1-2-5-18(17)23/h1-2,4-9,14,20H,3,10-13H2,(H,21,24). The van der Waals surface area contributed by atoms with Crippen LogP contribution in [0.1, 0.15) is 26.9 Å². The van der Waals surface area contributed by atoms with Crippen LogP contribution in [-0.2, 0) is 6.54 Å². The van der Waals surface area contributed by atoms with Crippen molar-refractivity contribution in [3.8, 4) is 0 Å². The van der Waals surface area contributed by atoms with Crippen LogP contribution in [0.3, 0.4) is 0 Å². The highest BCUT2D eigenvalue weighted by Gasteiger charge is 2.16. The van der Waals surface area contributed by atoms with E-state index < -0.39 is 0 Å². The number of amides is 1. The van der Waals surface area contributed by atoms with Crippen LogP contribution in [0.25, 0.3) is 11.0 Å². The van der Waals surface area contributed by atoms with Gasteiger partial charge in [-0.1, -0.05) is 24.3 Å². The van der Waals surface area contributed by atoms with Gasteiger partial charge in [0.1, 0.15) is 0 Å². The summed E-state index contributed by atoms with van der Waals surface area (Å²) in [5.74, 6) is 2.43. The Kier molecular flexibility index (Phi) is 5.51. The third-order valence-electron chi connectivity index (χ3n) is 4.44. The van der Waals surface area contributed by atoms with Gasteiger partial charge >= 0.3 is 0 Å². The van der Waals surface area contributed by atoms with Gasteiger partial charge in [0, 0.05) is 18.7 Å². The van der Waals surface area contributed by atoms with E-state index in [-0.39, 0.29) is 5.91 Å². The normalized spacial score (nSPS) is 15.2. The third-order valence-corrected chi connectivity index (χ3v) is 7.45. The number of aromatic nitrogens is 2. The van der Waals surface area contributed by atoms with E-state index in [9.17, 15) is 4.79 Å². The molecule has 0 saturated carbocycles. The van der Waals surface area contributed by atoms with Crippen LogP contribution in [0.4, 0.5) is 0 Å². The molecule has 1 fully saturated rings. The zero-order chi connectivity index (χ0) is 17.8. The number of hydrogen-bond acceptors (Lipinski definition) is 4. The second-order valence-electron chi connectivity index (χ2n) is 6.23. The molecule has 0 radical (unpaired) electrons. The van der Waals surface area contributed by atoms with Gasteiger partial charge in [0.05, 0.1) is 21.9 Å². The van der Waals surface area contributed by atoms with Gasteiger partial charge in [-0.3, -0.25) is 4.79 Å². The summed E-state index contributed by atoms with van der Waals surface area (Å²) in [6.07, 6.45) is 3.11. The van der Waals surface area contributed by atoms with E-state index >= 15 is 0 Å². The first kappa shape index (κ1) is 17.5. The molecular formula is C20H21N3OS2. The molecule has 1 aromatic heterocycles. The first-order valence-electron chi connectivity index (χ1n) is 8.82. The molecule has 6 heteroatoms. The van der Waals surface area contributed by atoms with E-state index in [2.05, 4.69) is 27.0 Å². The van der Waals surface area contributed by atoms with Gasteiger partial charge in [-0.2, -0.15) is 0 Å². The van der Waals surface area contributed by atoms with Crippen molar-refractivity contribution in [2.45, 2.75) is 17.5 Å². The van der Waals surface area contributed by atoms with E-state index in [1.54, 1.807) is 0 Å². The van der Waals surface area contributed by atoms with Gasteiger partial charge in [-0.25, -0.2) is 4.98 Å². The lowest BCUT2D eigenvalue weighted by Gasteiger charge is -2.21. The fourth-order valence-corrected chi connectivity index (χ4v) is 5.95. The van der Waals surface area contributed by atoms with Gasteiger partial charge < -0.3 is 9.88 Å². The van der Waals surface area contributed by atoms with Crippen molar-refractivity contribution >= 4 is 40.5 Å². The molecule has 0 spiro atoms. The summed E-state index contributed by atoms with van der Waals surface area (Å²) in [6.45, 7) is 1.29. The summed E-state index contributed by atoms with van der Waals surface area (Å²) in [5, 5.41) is 3.00. The Hall–Kier alpha value is -1.92. The van der Waals surface area contributed by atoms with Crippen molar-refractivity contribution in [1.29, 1.82) is 0 Å². The van der Waals surface area contributed by atoms with Crippen molar-refractivity contribution in [3.63, 3.8) is 0 Å². The quantitative estimate of drug-likeness (QED) is 0.712. The molecule has 0 unspecified atom stereocenters. The summed E-state index contributed by atoms with van der Waals surface area (Å²) in [6, 6.07) is 16.1. The number of carbonyl (C=O) groups excluding carboxylic acids is 1. The van der Waals surface area contributed by atoms with Gasteiger partial charge in [-0.05, 0) is 47.8 Å². The number of imidazole rings is 1. The lowest BCUT2D eigenvalue weighted by Crippen LogP contribution is -2.27. The van der Waals surface area contributed by atoms with Crippen LogP contribution >= 0.6 is 23.5 Å². The van der Waals surface area contributed by atoms with Crippen molar-refractivity contribution in [3.05, 3.63) is 66.0 Å². The van der Waals surface area contributed by atoms with Crippen molar-refractivity contribution in [2.75, 3.05) is 18.1 Å². The predicted molar refractivity (Wildman–Crippen MR) is 111 cm³/mol. The van der Waals surface area contributed by atoms with Crippen LogP contribution in [0.15, 0.2) is 54.9 Å². The molecule has 1 saturated heterocycles. The first-order chi connectivity index (χ1) is 12.8. The van der Waals surface area contributed by atoms with Gasteiger partial charge in [0.25, 0.3) is 5.91 Å². The van der Waals surface area contributed by atoms with Gasteiger partial charge in [-0.15, -0.1) is 23.5 Å². The Balaban J connectivity index is 1.33. The summed E-state index contributed by atoms with van der Waals surface area (Å²) in [5.41, 5.74) is 4.10. The fraction of sp³-hybridized carbons (Fsp3) is 0.300. The van der Waals surface area contributed by atoms with Crippen LogP contribution in [-0.4, -0.2) is 33.5 Å². The second kappa shape index (κ2) is 8.18. The number of para-hydroxylation sites is 2. The molecule has 0 atom stereocenters.